The summed E-state index contributed by atoms with van der Waals surface area (Å²) in [5.41, 5.74) is 3.09. The molecule has 2 heteroatoms. The molecule has 2 N–H and O–H groups in total. The molecule has 0 atom stereocenters. The number of rotatable bonds is 8. The lowest BCUT2D eigenvalue weighted by atomic mass is 9.93. The highest BCUT2D eigenvalue weighted by atomic mass is 16.3. The molecule has 0 aliphatic heterocycles. The summed E-state index contributed by atoms with van der Waals surface area (Å²) in [4.78, 5) is 0. The minimum atomic E-state index is 0.108. The van der Waals surface area contributed by atoms with Gasteiger partial charge in [-0.15, -0.1) is 0 Å². The summed E-state index contributed by atoms with van der Waals surface area (Å²) in [7, 11) is 0. The Morgan fingerprint density at radius 1 is 0.737 bits per heavy atom. The van der Waals surface area contributed by atoms with Crippen molar-refractivity contribution in [3.8, 4) is 11.5 Å². The molecular weight excluding hydrogens is 236 g/mol. The Labute approximate surface area is 117 Å². The van der Waals surface area contributed by atoms with E-state index in [1.54, 1.807) is 0 Å². The van der Waals surface area contributed by atoms with E-state index in [4.69, 9.17) is 0 Å². The highest BCUT2D eigenvalue weighted by Gasteiger charge is 2.15. The van der Waals surface area contributed by atoms with Gasteiger partial charge in [-0.05, 0) is 43.2 Å². The summed E-state index contributed by atoms with van der Waals surface area (Å²) < 4.78 is 0. The van der Waals surface area contributed by atoms with Crippen LogP contribution >= 0.6 is 0 Å². The molecule has 0 unspecified atom stereocenters. The van der Waals surface area contributed by atoms with E-state index < -0.39 is 0 Å². The smallest absolute Gasteiger partial charge is 0.161 e. The van der Waals surface area contributed by atoms with Gasteiger partial charge in [0.1, 0.15) is 0 Å². The first-order valence-electron chi connectivity index (χ1n) is 7.71. The first-order chi connectivity index (χ1) is 9.15. The Bertz CT molecular complexity index is 397. The number of phenols is 2. The molecule has 0 saturated heterocycles. The molecule has 0 radical (unpaired) electrons. The van der Waals surface area contributed by atoms with Crippen molar-refractivity contribution in [3.05, 3.63) is 22.8 Å². The second kappa shape index (κ2) is 8.08. The third-order valence-electron chi connectivity index (χ3n) is 3.65. The molecule has 19 heavy (non-hydrogen) atoms. The maximum atomic E-state index is 10.2. The van der Waals surface area contributed by atoms with Crippen LogP contribution < -0.4 is 0 Å². The van der Waals surface area contributed by atoms with Gasteiger partial charge in [0, 0.05) is 5.56 Å². The number of unbranched alkanes of at least 4 members (excludes halogenated alkanes) is 2. The van der Waals surface area contributed by atoms with Crippen molar-refractivity contribution in [1.82, 2.24) is 0 Å². The highest BCUT2D eigenvalue weighted by molar-refractivity contribution is 5.54. The molecule has 0 aliphatic carbocycles. The second-order valence-corrected chi connectivity index (χ2v) is 5.33. The van der Waals surface area contributed by atoms with Crippen molar-refractivity contribution in [2.45, 2.75) is 72.1 Å². The maximum Gasteiger partial charge on any atom is 0.161 e. The Kier molecular flexibility index (Phi) is 6.75. The van der Waals surface area contributed by atoms with Crippen molar-refractivity contribution in [1.29, 1.82) is 0 Å². The molecule has 0 saturated carbocycles. The van der Waals surface area contributed by atoms with E-state index in [0.29, 0.717) is 0 Å². The number of hydrogen-bond acceptors (Lipinski definition) is 2. The number of hydrogen-bond donors (Lipinski definition) is 2. The Balaban J connectivity index is 3.11. The molecule has 0 fully saturated rings. The van der Waals surface area contributed by atoms with E-state index in [0.717, 1.165) is 62.5 Å². The van der Waals surface area contributed by atoms with Crippen molar-refractivity contribution >= 4 is 0 Å². The third-order valence-corrected chi connectivity index (χ3v) is 3.65. The Morgan fingerprint density at radius 2 is 1.32 bits per heavy atom. The van der Waals surface area contributed by atoms with Crippen LogP contribution in [0.5, 0.6) is 11.5 Å². The Hall–Kier alpha value is -1.18. The van der Waals surface area contributed by atoms with Crippen molar-refractivity contribution in [3.63, 3.8) is 0 Å². The number of aryl methyl sites for hydroxylation is 2. The van der Waals surface area contributed by atoms with Gasteiger partial charge in [-0.25, -0.2) is 0 Å². The van der Waals surface area contributed by atoms with Gasteiger partial charge in [-0.2, -0.15) is 0 Å². The standard InChI is InChI=1S/C17H28O2/c1-4-7-10-13-12-14(11-8-5-2)16(18)17(19)15(13)9-6-3/h12,18-19H,4-11H2,1-3H3. The zero-order chi connectivity index (χ0) is 14.3. The highest BCUT2D eigenvalue weighted by Crippen LogP contribution is 2.37. The van der Waals surface area contributed by atoms with Crippen LogP contribution in [0, 0.1) is 0 Å². The third kappa shape index (κ3) is 4.15. The lowest BCUT2D eigenvalue weighted by Gasteiger charge is -2.16. The van der Waals surface area contributed by atoms with E-state index in [2.05, 4.69) is 26.8 Å². The number of benzene rings is 1. The van der Waals surface area contributed by atoms with Crippen LogP contribution in [0.2, 0.25) is 0 Å². The number of aromatic hydroxyl groups is 2. The molecule has 108 valence electrons. The topological polar surface area (TPSA) is 40.5 Å². The zero-order valence-corrected chi connectivity index (χ0v) is 12.6. The second-order valence-electron chi connectivity index (χ2n) is 5.33. The molecular formula is C17H28O2. The van der Waals surface area contributed by atoms with Gasteiger partial charge in [0.25, 0.3) is 0 Å². The predicted molar refractivity (Wildman–Crippen MR) is 81.0 cm³/mol. The molecule has 0 bridgehead atoms. The SMILES string of the molecule is CCCCc1cc(CCCC)c(CCC)c(O)c1O. The van der Waals surface area contributed by atoms with E-state index >= 15 is 0 Å². The van der Waals surface area contributed by atoms with E-state index in [1.807, 2.05) is 0 Å². The maximum absolute atomic E-state index is 10.2. The quantitative estimate of drug-likeness (QED) is 0.666. The van der Waals surface area contributed by atoms with Crippen molar-refractivity contribution in [2.75, 3.05) is 0 Å². The fraction of sp³-hybridized carbons (Fsp3) is 0.647. The van der Waals surface area contributed by atoms with Crippen LogP contribution in [-0.2, 0) is 19.3 Å². The fourth-order valence-corrected chi connectivity index (χ4v) is 2.49. The average Bonchev–Trinajstić information content (AvgIpc) is 2.42. The first-order valence-corrected chi connectivity index (χ1v) is 7.71. The van der Waals surface area contributed by atoms with Gasteiger partial charge in [0.05, 0.1) is 0 Å². The first kappa shape index (κ1) is 15.9. The Morgan fingerprint density at radius 3 is 1.84 bits per heavy atom. The largest absolute Gasteiger partial charge is 0.504 e. The zero-order valence-electron chi connectivity index (χ0n) is 12.6. The minimum Gasteiger partial charge on any atom is -0.504 e. The number of phenolic OH excluding ortho intramolecular Hbond substituents is 2. The van der Waals surface area contributed by atoms with Crippen molar-refractivity contribution in [2.24, 2.45) is 0 Å². The molecule has 0 aromatic heterocycles. The summed E-state index contributed by atoms with van der Waals surface area (Å²) in [6.07, 6.45) is 8.10. The molecule has 1 rings (SSSR count). The predicted octanol–water partition coefficient (Wildman–Crippen LogP) is 4.74. The van der Waals surface area contributed by atoms with Crippen LogP contribution in [0.3, 0.4) is 0 Å². The summed E-state index contributed by atoms with van der Waals surface area (Å²) in [6.45, 7) is 6.42. The average molecular weight is 264 g/mol. The lowest BCUT2D eigenvalue weighted by Crippen LogP contribution is -1.99. The molecule has 0 aliphatic rings. The minimum absolute atomic E-state index is 0.108. The van der Waals surface area contributed by atoms with E-state index in [-0.39, 0.29) is 11.5 Å². The summed E-state index contributed by atoms with van der Waals surface area (Å²) >= 11 is 0. The van der Waals surface area contributed by atoms with Gasteiger partial charge in [0.2, 0.25) is 0 Å². The summed E-state index contributed by atoms with van der Waals surface area (Å²) in [5.74, 6) is 0.235. The van der Waals surface area contributed by atoms with Crippen LogP contribution in [0.1, 0.15) is 69.6 Å². The van der Waals surface area contributed by atoms with E-state index in [1.165, 1.54) is 5.56 Å². The van der Waals surface area contributed by atoms with Gasteiger partial charge in [0.15, 0.2) is 11.5 Å². The van der Waals surface area contributed by atoms with Crippen LogP contribution in [0.15, 0.2) is 6.07 Å². The fourth-order valence-electron chi connectivity index (χ4n) is 2.49. The molecule has 2 nitrogen and oxygen atoms in total. The molecule has 0 spiro atoms. The normalized spacial score (nSPS) is 10.9. The van der Waals surface area contributed by atoms with E-state index in [9.17, 15) is 10.2 Å². The molecule has 1 aromatic carbocycles. The van der Waals surface area contributed by atoms with Gasteiger partial charge in [-0.1, -0.05) is 46.1 Å². The van der Waals surface area contributed by atoms with Gasteiger partial charge in [-0.3, -0.25) is 0 Å². The lowest BCUT2D eigenvalue weighted by molar-refractivity contribution is 0.393. The molecule has 1 aromatic rings. The van der Waals surface area contributed by atoms with Crippen LogP contribution in [0.4, 0.5) is 0 Å². The van der Waals surface area contributed by atoms with Crippen LogP contribution in [-0.4, -0.2) is 10.2 Å². The summed E-state index contributed by atoms with van der Waals surface area (Å²) in [6, 6.07) is 2.12. The van der Waals surface area contributed by atoms with Crippen molar-refractivity contribution < 1.29 is 10.2 Å². The molecule has 0 amide bonds. The monoisotopic (exact) mass is 264 g/mol. The summed E-state index contributed by atoms with van der Waals surface area (Å²) in [5, 5.41) is 20.4. The molecule has 0 heterocycles. The van der Waals surface area contributed by atoms with Crippen LogP contribution in [0.25, 0.3) is 0 Å². The van der Waals surface area contributed by atoms with Gasteiger partial charge < -0.3 is 10.2 Å². The van der Waals surface area contributed by atoms with Gasteiger partial charge >= 0.3 is 0 Å².